The summed E-state index contributed by atoms with van der Waals surface area (Å²) >= 11 is 0. The van der Waals surface area contributed by atoms with Crippen molar-refractivity contribution in [1.82, 2.24) is 15.0 Å². The highest BCUT2D eigenvalue weighted by Crippen LogP contribution is 2.36. The molecule has 0 amide bonds. The van der Waals surface area contributed by atoms with E-state index >= 15 is 0 Å². The molecule has 0 radical (unpaired) electrons. The number of benzene rings is 7. The molecule has 1 heterocycles. The second-order valence-corrected chi connectivity index (χ2v) is 10.9. The molecule has 0 unspecified atom stereocenters. The van der Waals surface area contributed by atoms with Crippen molar-refractivity contribution in [2.75, 3.05) is 0 Å². The lowest BCUT2D eigenvalue weighted by Crippen LogP contribution is -2.00. The summed E-state index contributed by atoms with van der Waals surface area (Å²) in [4.78, 5) is 15.0. The van der Waals surface area contributed by atoms with Gasteiger partial charge in [-0.25, -0.2) is 15.0 Å². The molecule has 0 spiro atoms. The van der Waals surface area contributed by atoms with Gasteiger partial charge >= 0.3 is 0 Å². The molecule has 206 valence electrons. The third-order valence-corrected chi connectivity index (χ3v) is 8.12. The molecule has 0 saturated carbocycles. The molecule has 44 heavy (non-hydrogen) atoms. The SMILES string of the molecule is c1ccc(-c2ccc(-c3nc(-c4ccccc4)nc(-c4cccc(-c5cccc6ccc7ccccc7c56)c4)n3)cc2)cc1. The molecule has 3 nitrogen and oxygen atoms in total. The predicted molar refractivity (Wildman–Crippen MR) is 182 cm³/mol. The van der Waals surface area contributed by atoms with Crippen LogP contribution >= 0.6 is 0 Å². The largest absolute Gasteiger partial charge is 0.208 e. The van der Waals surface area contributed by atoms with Gasteiger partial charge in [-0.3, -0.25) is 0 Å². The summed E-state index contributed by atoms with van der Waals surface area (Å²) in [5.74, 6) is 1.95. The van der Waals surface area contributed by atoms with Crippen LogP contribution in [0.1, 0.15) is 0 Å². The summed E-state index contributed by atoms with van der Waals surface area (Å²) in [6.45, 7) is 0. The van der Waals surface area contributed by atoms with Crippen LogP contribution in [0.25, 0.3) is 78.0 Å². The van der Waals surface area contributed by atoms with Crippen molar-refractivity contribution in [3.05, 3.63) is 164 Å². The van der Waals surface area contributed by atoms with Crippen molar-refractivity contribution in [3.63, 3.8) is 0 Å². The first kappa shape index (κ1) is 25.8. The lowest BCUT2D eigenvalue weighted by Gasteiger charge is -2.12. The molecule has 0 saturated heterocycles. The Morgan fingerprint density at radius 2 is 0.773 bits per heavy atom. The average molecular weight is 562 g/mol. The zero-order valence-electron chi connectivity index (χ0n) is 23.9. The highest BCUT2D eigenvalue weighted by Gasteiger charge is 2.14. The molecule has 0 fully saturated rings. The van der Waals surface area contributed by atoms with E-state index in [0.29, 0.717) is 17.5 Å². The summed E-state index contributed by atoms with van der Waals surface area (Å²) in [6.07, 6.45) is 0. The second kappa shape index (κ2) is 11.0. The zero-order chi connectivity index (χ0) is 29.3. The molecular formula is C41H27N3. The minimum absolute atomic E-state index is 0.646. The van der Waals surface area contributed by atoms with Crippen molar-refractivity contribution in [2.45, 2.75) is 0 Å². The Labute approximate surface area is 256 Å². The van der Waals surface area contributed by atoms with Crippen LogP contribution in [0.5, 0.6) is 0 Å². The molecule has 0 aliphatic rings. The van der Waals surface area contributed by atoms with E-state index in [1.165, 1.54) is 32.7 Å². The Balaban J connectivity index is 1.27. The second-order valence-electron chi connectivity index (χ2n) is 10.9. The summed E-state index contributed by atoms with van der Waals surface area (Å²) in [7, 11) is 0. The maximum Gasteiger partial charge on any atom is 0.164 e. The van der Waals surface area contributed by atoms with Crippen molar-refractivity contribution in [2.24, 2.45) is 0 Å². The number of aromatic nitrogens is 3. The van der Waals surface area contributed by atoms with Crippen molar-refractivity contribution in [1.29, 1.82) is 0 Å². The molecule has 7 aromatic carbocycles. The Morgan fingerprint density at radius 3 is 1.52 bits per heavy atom. The summed E-state index contributed by atoms with van der Waals surface area (Å²) < 4.78 is 0. The summed E-state index contributed by atoms with van der Waals surface area (Å²) in [5.41, 5.74) is 7.49. The topological polar surface area (TPSA) is 38.7 Å². The first-order valence-electron chi connectivity index (χ1n) is 14.8. The molecule has 0 aliphatic heterocycles. The van der Waals surface area contributed by atoms with Gasteiger partial charge in [-0.15, -0.1) is 0 Å². The fourth-order valence-corrected chi connectivity index (χ4v) is 5.92. The maximum absolute atomic E-state index is 5.03. The third kappa shape index (κ3) is 4.81. The fourth-order valence-electron chi connectivity index (χ4n) is 5.92. The minimum atomic E-state index is 0.646. The molecule has 0 N–H and O–H groups in total. The molecule has 8 aromatic rings. The van der Waals surface area contributed by atoms with E-state index in [-0.39, 0.29) is 0 Å². The maximum atomic E-state index is 5.03. The van der Waals surface area contributed by atoms with Crippen LogP contribution in [-0.2, 0) is 0 Å². The van der Waals surface area contributed by atoms with Crippen molar-refractivity contribution in [3.8, 4) is 56.4 Å². The first-order chi connectivity index (χ1) is 21.8. The van der Waals surface area contributed by atoms with Gasteiger partial charge in [-0.1, -0.05) is 158 Å². The van der Waals surface area contributed by atoms with Crippen LogP contribution in [0.3, 0.4) is 0 Å². The van der Waals surface area contributed by atoms with E-state index in [9.17, 15) is 0 Å². The predicted octanol–water partition coefficient (Wildman–Crippen LogP) is 10.5. The molecule has 0 atom stereocenters. The number of nitrogens with zero attached hydrogens (tertiary/aromatic N) is 3. The van der Waals surface area contributed by atoms with Gasteiger partial charge in [0.05, 0.1) is 0 Å². The Bertz CT molecular complexity index is 2260. The van der Waals surface area contributed by atoms with E-state index in [1.54, 1.807) is 0 Å². The van der Waals surface area contributed by atoms with Crippen molar-refractivity contribution >= 4 is 21.5 Å². The summed E-state index contributed by atoms with van der Waals surface area (Å²) in [5, 5.41) is 4.96. The van der Waals surface area contributed by atoms with E-state index < -0.39 is 0 Å². The molecule has 1 aromatic heterocycles. The molecule has 0 bridgehead atoms. The number of rotatable bonds is 5. The third-order valence-electron chi connectivity index (χ3n) is 8.12. The first-order valence-corrected chi connectivity index (χ1v) is 14.8. The highest BCUT2D eigenvalue weighted by atomic mass is 15.0. The van der Waals surface area contributed by atoms with E-state index in [1.807, 2.05) is 36.4 Å². The minimum Gasteiger partial charge on any atom is -0.208 e. The lowest BCUT2D eigenvalue weighted by atomic mass is 9.93. The summed E-state index contributed by atoms with van der Waals surface area (Å²) in [6, 6.07) is 57.0. The van der Waals surface area contributed by atoms with Gasteiger partial charge in [-0.05, 0) is 49.9 Å². The molecule has 8 rings (SSSR count). The van der Waals surface area contributed by atoms with Gasteiger partial charge in [0.1, 0.15) is 0 Å². The number of hydrogen-bond donors (Lipinski definition) is 0. The van der Waals surface area contributed by atoms with E-state index in [2.05, 4.69) is 127 Å². The van der Waals surface area contributed by atoms with Crippen LogP contribution in [0.2, 0.25) is 0 Å². The van der Waals surface area contributed by atoms with Gasteiger partial charge < -0.3 is 0 Å². The molecule has 3 heteroatoms. The van der Waals surface area contributed by atoms with Crippen LogP contribution < -0.4 is 0 Å². The van der Waals surface area contributed by atoms with Gasteiger partial charge in [-0.2, -0.15) is 0 Å². The Morgan fingerprint density at radius 1 is 0.295 bits per heavy atom. The Kier molecular flexibility index (Phi) is 6.47. The van der Waals surface area contributed by atoms with E-state index in [0.717, 1.165) is 27.8 Å². The standard InChI is InChI=1S/C41H27N3/c1-3-11-28(12-4-1)29-21-25-33(26-22-29)40-42-39(32-14-5-2-6-15-32)43-41(44-40)35-18-9-17-34(27-35)37-20-10-16-31-24-23-30-13-7-8-19-36(30)38(31)37/h1-27H. The van der Waals surface area contributed by atoms with Crippen molar-refractivity contribution < 1.29 is 0 Å². The number of fused-ring (bicyclic) bond motifs is 3. The van der Waals surface area contributed by atoms with Crippen LogP contribution in [0, 0.1) is 0 Å². The zero-order valence-corrected chi connectivity index (χ0v) is 23.9. The molecule has 0 aliphatic carbocycles. The van der Waals surface area contributed by atoms with Gasteiger partial charge in [0.15, 0.2) is 17.5 Å². The van der Waals surface area contributed by atoms with Gasteiger partial charge in [0.25, 0.3) is 0 Å². The van der Waals surface area contributed by atoms with Crippen LogP contribution in [-0.4, -0.2) is 15.0 Å². The van der Waals surface area contributed by atoms with Crippen LogP contribution in [0.15, 0.2) is 164 Å². The highest BCUT2D eigenvalue weighted by molar-refractivity contribution is 6.14. The van der Waals surface area contributed by atoms with Gasteiger partial charge in [0.2, 0.25) is 0 Å². The lowest BCUT2D eigenvalue weighted by molar-refractivity contribution is 1.07. The monoisotopic (exact) mass is 561 g/mol. The van der Waals surface area contributed by atoms with E-state index in [4.69, 9.17) is 15.0 Å². The normalized spacial score (nSPS) is 11.2. The smallest absolute Gasteiger partial charge is 0.164 e. The quantitative estimate of drug-likeness (QED) is 0.196. The number of hydrogen-bond acceptors (Lipinski definition) is 3. The fraction of sp³-hybridized carbons (Fsp3) is 0. The Hall–Kier alpha value is -5.93. The average Bonchev–Trinajstić information content (AvgIpc) is 3.12. The molecular weight excluding hydrogens is 534 g/mol. The van der Waals surface area contributed by atoms with Crippen LogP contribution in [0.4, 0.5) is 0 Å². The van der Waals surface area contributed by atoms with Gasteiger partial charge in [0, 0.05) is 16.7 Å².